The molecular formula is C23H22N2O7. The third-order valence-electron chi connectivity index (χ3n) is 5.26. The van der Waals surface area contributed by atoms with Crippen LogP contribution in [-0.4, -0.2) is 66.3 Å². The Kier molecular flexibility index (Phi) is 6.18. The van der Waals surface area contributed by atoms with Crippen LogP contribution in [0.2, 0.25) is 0 Å². The Balaban J connectivity index is 1.47. The van der Waals surface area contributed by atoms with Crippen molar-refractivity contribution >= 4 is 23.8 Å². The zero-order valence-corrected chi connectivity index (χ0v) is 17.3. The Bertz CT molecular complexity index is 1010. The van der Waals surface area contributed by atoms with Crippen LogP contribution in [0, 0.1) is 0 Å². The monoisotopic (exact) mass is 438 g/mol. The molecule has 1 N–H and O–H groups in total. The number of carbonyl (C=O) groups is 4. The van der Waals surface area contributed by atoms with Gasteiger partial charge in [0.15, 0.2) is 12.3 Å². The highest BCUT2D eigenvalue weighted by Crippen LogP contribution is 2.30. The molecule has 9 nitrogen and oxygen atoms in total. The number of β-lactam (4-membered cyclic amide) rings is 1. The van der Waals surface area contributed by atoms with Gasteiger partial charge in [0.25, 0.3) is 5.91 Å². The molecule has 0 bridgehead atoms. The van der Waals surface area contributed by atoms with Crippen LogP contribution in [0.1, 0.15) is 27.6 Å². The van der Waals surface area contributed by atoms with Crippen molar-refractivity contribution in [1.82, 2.24) is 10.2 Å². The molecule has 0 unspecified atom stereocenters. The van der Waals surface area contributed by atoms with Gasteiger partial charge in [-0.3, -0.25) is 9.59 Å². The van der Waals surface area contributed by atoms with Gasteiger partial charge in [-0.1, -0.05) is 36.4 Å². The van der Waals surface area contributed by atoms with Gasteiger partial charge < -0.3 is 24.4 Å². The lowest BCUT2D eigenvalue weighted by Gasteiger charge is -2.52. The Labute approximate surface area is 184 Å². The summed E-state index contributed by atoms with van der Waals surface area (Å²) in [6.07, 6.45) is -2.40. The quantitative estimate of drug-likeness (QED) is 0.532. The number of esters is 2. The molecular weight excluding hydrogens is 416 g/mol. The second-order valence-corrected chi connectivity index (χ2v) is 7.51. The smallest absolute Gasteiger partial charge is 0.338 e. The molecule has 0 aromatic heterocycles. The van der Waals surface area contributed by atoms with Crippen LogP contribution in [0.15, 0.2) is 60.7 Å². The van der Waals surface area contributed by atoms with Gasteiger partial charge in [-0.15, -0.1) is 0 Å². The van der Waals surface area contributed by atoms with Crippen molar-refractivity contribution in [2.24, 2.45) is 0 Å². The van der Waals surface area contributed by atoms with Crippen LogP contribution < -0.4 is 5.32 Å². The fraction of sp³-hybridized carbons (Fsp3) is 0.304. The molecule has 2 heterocycles. The van der Waals surface area contributed by atoms with E-state index in [-0.39, 0.29) is 25.0 Å². The molecule has 2 aromatic carbocycles. The number of nitrogens with one attached hydrogen (secondary N) is 1. The molecule has 0 saturated carbocycles. The Morgan fingerprint density at radius 3 is 2.19 bits per heavy atom. The maximum absolute atomic E-state index is 12.6. The first-order valence-corrected chi connectivity index (χ1v) is 10.2. The number of hydrogen-bond donors (Lipinski definition) is 1. The third-order valence-corrected chi connectivity index (χ3v) is 5.26. The lowest BCUT2D eigenvalue weighted by atomic mass is 9.99. The molecule has 4 atom stereocenters. The van der Waals surface area contributed by atoms with Crippen LogP contribution in [0.25, 0.3) is 0 Å². The standard InChI is InChI=1S/C23H22N2O7/c1-14(26)24-19-20(27)25-12-17(32-23(29)16-10-6-3-7-11-16)18(31-21(19)25)13-30-22(28)15-8-4-2-5-9-15/h2-11,17-19,21H,12-13H2,1H3,(H,24,26)/t17-,18+,19-,21+/m0/s1. The van der Waals surface area contributed by atoms with Gasteiger partial charge in [-0.25, -0.2) is 9.59 Å². The molecule has 4 rings (SSSR count). The predicted octanol–water partition coefficient (Wildman–Crippen LogP) is 1.14. The van der Waals surface area contributed by atoms with Gasteiger partial charge in [-0.05, 0) is 24.3 Å². The first kappa shape index (κ1) is 21.5. The SMILES string of the molecule is CC(=O)N[C@H]1C(=O)N2C[C@H](OC(=O)c3ccccc3)[C@@H](COC(=O)c3ccccc3)O[C@H]12. The minimum absolute atomic E-state index is 0.0612. The number of rotatable bonds is 6. The summed E-state index contributed by atoms with van der Waals surface area (Å²) in [5.74, 6) is -1.82. The Morgan fingerprint density at radius 2 is 1.59 bits per heavy atom. The summed E-state index contributed by atoms with van der Waals surface area (Å²) in [5.41, 5.74) is 0.721. The predicted molar refractivity (Wildman–Crippen MR) is 110 cm³/mol. The van der Waals surface area contributed by atoms with Gasteiger partial charge in [0.2, 0.25) is 5.91 Å². The van der Waals surface area contributed by atoms with E-state index < -0.39 is 36.4 Å². The van der Waals surface area contributed by atoms with Crippen LogP contribution in [0.3, 0.4) is 0 Å². The van der Waals surface area contributed by atoms with E-state index >= 15 is 0 Å². The molecule has 2 fully saturated rings. The Morgan fingerprint density at radius 1 is 1.00 bits per heavy atom. The molecule has 0 radical (unpaired) electrons. The van der Waals surface area contributed by atoms with E-state index in [1.165, 1.54) is 11.8 Å². The second-order valence-electron chi connectivity index (χ2n) is 7.51. The molecule has 2 aliphatic heterocycles. The van der Waals surface area contributed by atoms with E-state index in [1.807, 2.05) is 0 Å². The third kappa shape index (κ3) is 4.47. The molecule has 166 valence electrons. The van der Waals surface area contributed by atoms with E-state index in [1.54, 1.807) is 60.7 Å². The van der Waals surface area contributed by atoms with Crippen molar-refractivity contribution in [3.8, 4) is 0 Å². The van der Waals surface area contributed by atoms with Crippen LogP contribution >= 0.6 is 0 Å². The van der Waals surface area contributed by atoms with Crippen LogP contribution in [0.5, 0.6) is 0 Å². The summed E-state index contributed by atoms with van der Waals surface area (Å²) in [6.45, 7) is 1.18. The van der Waals surface area contributed by atoms with Crippen molar-refractivity contribution in [2.75, 3.05) is 13.2 Å². The maximum atomic E-state index is 12.6. The van der Waals surface area contributed by atoms with Crippen LogP contribution in [-0.2, 0) is 23.8 Å². The van der Waals surface area contributed by atoms with Crippen molar-refractivity contribution in [1.29, 1.82) is 0 Å². The second kappa shape index (κ2) is 9.19. The number of carbonyl (C=O) groups excluding carboxylic acids is 4. The normalized spacial score (nSPS) is 24.0. The summed E-state index contributed by atoms with van der Waals surface area (Å²) in [4.78, 5) is 50.1. The average molecular weight is 438 g/mol. The molecule has 2 saturated heterocycles. The first-order valence-electron chi connectivity index (χ1n) is 10.2. The highest BCUT2D eigenvalue weighted by atomic mass is 16.6. The minimum atomic E-state index is -0.857. The van der Waals surface area contributed by atoms with Crippen LogP contribution in [0.4, 0.5) is 0 Å². The summed E-state index contributed by atoms with van der Waals surface area (Å²) >= 11 is 0. The Hall–Kier alpha value is -3.72. The molecule has 32 heavy (non-hydrogen) atoms. The molecule has 2 aliphatic rings. The number of nitrogens with zero attached hydrogens (tertiary/aromatic N) is 1. The average Bonchev–Trinajstić information content (AvgIpc) is 2.82. The van der Waals surface area contributed by atoms with E-state index in [9.17, 15) is 19.2 Å². The largest absolute Gasteiger partial charge is 0.459 e. The van der Waals surface area contributed by atoms with Crippen molar-refractivity contribution in [3.05, 3.63) is 71.8 Å². The zero-order chi connectivity index (χ0) is 22.7. The topological polar surface area (TPSA) is 111 Å². The fourth-order valence-electron chi connectivity index (χ4n) is 3.65. The minimum Gasteiger partial charge on any atom is -0.459 e. The van der Waals surface area contributed by atoms with E-state index in [0.29, 0.717) is 11.1 Å². The molecule has 9 heteroatoms. The number of ether oxygens (including phenoxy) is 3. The molecule has 2 amide bonds. The molecule has 2 aromatic rings. The molecule has 0 aliphatic carbocycles. The first-order chi connectivity index (χ1) is 15.4. The fourth-order valence-corrected chi connectivity index (χ4v) is 3.65. The van der Waals surface area contributed by atoms with Crippen molar-refractivity contribution in [2.45, 2.75) is 31.4 Å². The summed E-state index contributed by atoms with van der Waals surface area (Å²) < 4.78 is 16.9. The number of fused-ring (bicyclic) bond motifs is 1. The number of benzene rings is 2. The zero-order valence-electron chi connectivity index (χ0n) is 17.3. The highest BCUT2D eigenvalue weighted by Gasteiger charge is 2.55. The maximum Gasteiger partial charge on any atom is 0.338 e. The van der Waals surface area contributed by atoms with E-state index in [4.69, 9.17) is 14.2 Å². The van der Waals surface area contributed by atoms with Gasteiger partial charge in [0.1, 0.15) is 18.8 Å². The number of amides is 2. The summed E-state index contributed by atoms with van der Waals surface area (Å²) in [7, 11) is 0. The van der Waals surface area contributed by atoms with Crippen molar-refractivity contribution in [3.63, 3.8) is 0 Å². The summed E-state index contributed by atoms with van der Waals surface area (Å²) in [5, 5.41) is 2.55. The van der Waals surface area contributed by atoms with Gasteiger partial charge in [0.05, 0.1) is 17.7 Å². The van der Waals surface area contributed by atoms with Crippen molar-refractivity contribution < 1.29 is 33.4 Å². The lowest BCUT2D eigenvalue weighted by Crippen LogP contribution is -2.76. The highest BCUT2D eigenvalue weighted by molar-refractivity contribution is 5.93. The van der Waals surface area contributed by atoms with Gasteiger partial charge >= 0.3 is 11.9 Å². The summed E-state index contributed by atoms with van der Waals surface area (Å²) in [6, 6.07) is 16.0. The lowest BCUT2D eigenvalue weighted by molar-refractivity contribution is -0.240. The van der Waals surface area contributed by atoms with Gasteiger partial charge in [-0.2, -0.15) is 0 Å². The van der Waals surface area contributed by atoms with E-state index in [0.717, 1.165) is 0 Å². The van der Waals surface area contributed by atoms with E-state index in [2.05, 4.69) is 5.32 Å². The number of hydrogen-bond acceptors (Lipinski definition) is 7. The molecule has 0 spiro atoms. The van der Waals surface area contributed by atoms with Gasteiger partial charge in [0, 0.05) is 6.92 Å².